The van der Waals surface area contributed by atoms with Crippen molar-refractivity contribution in [2.45, 2.75) is 18.3 Å². The predicted octanol–water partition coefficient (Wildman–Crippen LogP) is 1.72. The van der Waals surface area contributed by atoms with E-state index >= 15 is 0 Å². The van der Waals surface area contributed by atoms with Gasteiger partial charge in [0.05, 0.1) is 18.6 Å². The fraction of sp³-hybridized carbons (Fsp3) is 0.462. The van der Waals surface area contributed by atoms with Gasteiger partial charge in [-0.25, -0.2) is 0 Å². The highest BCUT2D eigenvalue weighted by atomic mass is 16.5. The maximum Gasteiger partial charge on any atom is 0.104 e. The van der Waals surface area contributed by atoms with Gasteiger partial charge < -0.3 is 10.5 Å². The van der Waals surface area contributed by atoms with Crippen LogP contribution in [0, 0.1) is 0 Å². The molecule has 0 spiro atoms. The Morgan fingerprint density at radius 1 is 1.38 bits per heavy atom. The van der Waals surface area contributed by atoms with E-state index in [4.69, 9.17) is 10.5 Å². The maximum atomic E-state index is 6.08. The minimum absolute atomic E-state index is 0.0228. The van der Waals surface area contributed by atoms with Crippen LogP contribution in [0.3, 0.4) is 0 Å². The first-order valence-corrected chi connectivity index (χ1v) is 5.64. The number of hydrogen-bond acceptors (Lipinski definition) is 2. The van der Waals surface area contributed by atoms with Crippen LogP contribution in [0.1, 0.15) is 18.4 Å². The third kappa shape index (κ3) is 2.09. The highest BCUT2D eigenvalue weighted by Gasteiger charge is 2.47. The second-order valence-electron chi connectivity index (χ2n) is 4.21. The normalized spacial score (nSPS) is 18.4. The average molecular weight is 218 g/mol. The zero-order chi connectivity index (χ0) is 11.4. The first-order valence-electron chi connectivity index (χ1n) is 5.64. The summed E-state index contributed by atoms with van der Waals surface area (Å²) >= 11 is 0. The standard InChI is InChI=1S/C13H18N2O/c1-16-10-9-15-12(14)13(7-8-13)11-5-3-2-4-6-11/h2-6H,7-10H2,1H3,(H2,14,15). The topological polar surface area (TPSA) is 47.6 Å². The fourth-order valence-electron chi connectivity index (χ4n) is 1.98. The van der Waals surface area contributed by atoms with Gasteiger partial charge in [0.15, 0.2) is 0 Å². The molecule has 0 amide bonds. The second kappa shape index (κ2) is 4.66. The van der Waals surface area contributed by atoms with Crippen LogP contribution in [-0.4, -0.2) is 26.1 Å². The summed E-state index contributed by atoms with van der Waals surface area (Å²) in [5.41, 5.74) is 7.39. The molecular weight excluding hydrogens is 200 g/mol. The molecule has 2 rings (SSSR count). The van der Waals surface area contributed by atoms with Crippen LogP contribution < -0.4 is 5.73 Å². The molecule has 2 N–H and O–H groups in total. The molecular formula is C13H18N2O. The predicted molar refractivity (Wildman–Crippen MR) is 65.7 cm³/mol. The number of amidine groups is 1. The van der Waals surface area contributed by atoms with Gasteiger partial charge in [-0.15, -0.1) is 0 Å². The molecule has 0 bridgehead atoms. The molecule has 0 atom stereocenters. The number of hydrogen-bond donors (Lipinski definition) is 1. The molecule has 1 aliphatic rings. The summed E-state index contributed by atoms with van der Waals surface area (Å²) in [7, 11) is 1.68. The number of nitrogens with zero attached hydrogens (tertiary/aromatic N) is 1. The first kappa shape index (κ1) is 11.1. The van der Waals surface area contributed by atoms with Gasteiger partial charge in [-0.3, -0.25) is 4.99 Å². The van der Waals surface area contributed by atoms with Gasteiger partial charge in [-0.05, 0) is 18.4 Å². The lowest BCUT2D eigenvalue weighted by Gasteiger charge is -2.15. The number of rotatable bonds is 5. The SMILES string of the molecule is COCCN=C(N)C1(c2ccccc2)CC1. The Balaban J connectivity index is 2.11. The average Bonchev–Trinajstić information content (AvgIpc) is 3.12. The Morgan fingerprint density at radius 3 is 2.62 bits per heavy atom. The fourth-order valence-corrected chi connectivity index (χ4v) is 1.98. The van der Waals surface area contributed by atoms with Crippen LogP contribution in [0.15, 0.2) is 35.3 Å². The highest BCUT2D eigenvalue weighted by molar-refractivity contribution is 5.94. The summed E-state index contributed by atoms with van der Waals surface area (Å²) in [5.74, 6) is 0.760. The first-order chi connectivity index (χ1) is 7.79. The molecule has 1 saturated carbocycles. The third-order valence-corrected chi connectivity index (χ3v) is 3.14. The molecule has 1 aliphatic carbocycles. The van der Waals surface area contributed by atoms with E-state index in [2.05, 4.69) is 29.3 Å². The number of aliphatic imine (C=N–C) groups is 1. The summed E-state index contributed by atoms with van der Waals surface area (Å²) in [6.07, 6.45) is 2.22. The Hall–Kier alpha value is -1.35. The van der Waals surface area contributed by atoms with Crippen molar-refractivity contribution >= 4 is 5.84 Å². The zero-order valence-corrected chi connectivity index (χ0v) is 9.65. The summed E-state index contributed by atoms with van der Waals surface area (Å²) in [6, 6.07) is 10.4. The van der Waals surface area contributed by atoms with Crippen molar-refractivity contribution in [3.05, 3.63) is 35.9 Å². The van der Waals surface area contributed by atoms with Crippen molar-refractivity contribution in [3.8, 4) is 0 Å². The Bertz CT molecular complexity index is 369. The van der Waals surface area contributed by atoms with Crippen molar-refractivity contribution in [2.75, 3.05) is 20.3 Å². The number of nitrogens with two attached hydrogens (primary N) is 1. The smallest absolute Gasteiger partial charge is 0.104 e. The van der Waals surface area contributed by atoms with E-state index in [9.17, 15) is 0 Å². The van der Waals surface area contributed by atoms with Crippen LogP contribution in [0.2, 0.25) is 0 Å². The van der Waals surface area contributed by atoms with Gasteiger partial charge >= 0.3 is 0 Å². The minimum Gasteiger partial charge on any atom is -0.387 e. The van der Waals surface area contributed by atoms with Crippen LogP contribution in [-0.2, 0) is 10.2 Å². The summed E-state index contributed by atoms with van der Waals surface area (Å²) in [5, 5.41) is 0. The molecule has 1 aromatic rings. The monoisotopic (exact) mass is 218 g/mol. The summed E-state index contributed by atoms with van der Waals surface area (Å²) < 4.78 is 4.97. The van der Waals surface area contributed by atoms with Crippen molar-refractivity contribution in [1.29, 1.82) is 0 Å². The lowest BCUT2D eigenvalue weighted by molar-refractivity contribution is 0.208. The van der Waals surface area contributed by atoms with E-state index in [0.29, 0.717) is 13.2 Å². The van der Waals surface area contributed by atoms with E-state index in [0.717, 1.165) is 18.7 Å². The lowest BCUT2D eigenvalue weighted by atomic mass is 9.95. The van der Waals surface area contributed by atoms with Gasteiger partial charge in [0.2, 0.25) is 0 Å². The summed E-state index contributed by atoms with van der Waals surface area (Å²) in [6.45, 7) is 1.28. The third-order valence-electron chi connectivity index (χ3n) is 3.14. The van der Waals surface area contributed by atoms with E-state index in [1.807, 2.05) is 6.07 Å². The number of benzene rings is 1. The summed E-state index contributed by atoms with van der Waals surface area (Å²) in [4.78, 5) is 4.39. The molecule has 0 radical (unpaired) electrons. The molecule has 1 fully saturated rings. The minimum atomic E-state index is 0.0228. The van der Waals surface area contributed by atoms with E-state index in [-0.39, 0.29) is 5.41 Å². The Labute approximate surface area is 96.3 Å². The molecule has 0 aromatic heterocycles. The number of methoxy groups -OCH3 is 1. The Kier molecular flexibility index (Phi) is 3.25. The molecule has 1 aromatic carbocycles. The molecule has 3 heteroatoms. The van der Waals surface area contributed by atoms with E-state index in [1.54, 1.807) is 7.11 Å². The molecule has 0 heterocycles. The van der Waals surface area contributed by atoms with Crippen molar-refractivity contribution in [2.24, 2.45) is 10.7 Å². The van der Waals surface area contributed by atoms with E-state index in [1.165, 1.54) is 5.56 Å². The molecule has 0 saturated heterocycles. The second-order valence-corrected chi connectivity index (χ2v) is 4.21. The lowest BCUT2D eigenvalue weighted by Crippen LogP contribution is -2.29. The molecule has 0 aliphatic heterocycles. The molecule has 3 nitrogen and oxygen atoms in total. The molecule has 86 valence electrons. The van der Waals surface area contributed by atoms with Crippen LogP contribution in [0.5, 0.6) is 0 Å². The van der Waals surface area contributed by atoms with Gasteiger partial charge in [-0.1, -0.05) is 30.3 Å². The largest absolute Gasteiger partial charge is 0.387 e. The van der Waals surface area contributed by atoms with Crippen molar-refractivity contribution < 1.29 is 4.74 Å². The van der Waals surface area contributed by atoms with Crippen LogP contribution in [0.25, 0.3) is 0 Å². The Morgan fingerprint density at radius 2 is 2.06 bits per heavy atom. The van der Waals surface area contributed by atoms with Gasteiger partial charge in [0.1, 0.15) is 5.84 Å². The van der Waals surface area contributed by atoms with Gasteiger partial charge in [-0.2, -0.15) is 0 Å². The highest BCUT2D eigenvalue weighted by Crippen LogP contribution is 2.48. The number of ether oxygens (including phenoxy) is 1. The molecule has 16 heavy (non-hydrogen) atoms. The van der Waals surface area contributed by atoms with Crippen molar-refractivity contribution in [3.63, 3.8) is 0 Å². The van der Waals surface area contributed by atoms with Crippen molar-refractivity contribution in [1.82, 2.24) is 0 Å². The van der Waals surface area contributed by atoms with Crippen LogP contribution >= 0.6 is 0 Å². The molecule has 0 unspecified atom stereocenters. The van der Waals surface area contributed by atoms with E-state index < -0.39 is 0 Å². The quantitative estimate of drug-likeness (QED) is 0.465. The van der Waals surface area contributed by atoms with Gasteiger partial charge in [0.25, 0.3) is 0 Å². The zero-order valence-electron chi connectivity index (χ0n) is 9.65. The maximum absolute atomic E-state index is 6.08. The van der Waals surface area contributed by atoms with Gasteiger partial charge in [0, 0.05) is 7.11 Å². The van der Waals surface area contributed by atoms with Crippen LogP contribution in [0.4, 0.5) is 0 Å².